The first-order valence-electron chi connectivity index (χ1n) is 14.7. The molecule has 4 heteroatoms. The van der Waals surface area contributed by atoms with Crippen molar-refractivity contribution in [2.75, 3.05) is 4.90 Å². The van der Waals surface area contributed by atoms with Crippen LogP contribution in [0.25, 0.3) is 74.8 Å². The van der Waals surface area contributed by atoms with Gasteiger partial charge in [0.25, 0.3) is 0 Å². The van der Waals surface area contributed by atoms with Crippen LogP contribution >= 0.6 is 11.3 Å². The van der Waals surface area contributed by atoms with Gasteiger partial charge in [0.2, 0.25) is 0 Å². The summed E-state index contributed by atoms with van der Waals surface area (Å²) in [6.45, 7) is 0. The number of benzene rings is 7. The van der Waals surface area contributed by atoms with E-state index >= 15 is 0 Å². The Bertz CT molecular complexity index is 2630. The molecule has 0 aliphatic heterocycles. The molecule has 10 aromatic rings. The summed E-state index contributed by atoms with van der Waals surface area (Å²) in [4.78, 5) is 2.31. The van der Waals surface area contributed by atoms with Gasteiger partial charge in [-0.1, -0.05) is 66.7 Å². The molecule has 0 atom stereocenters. The topological polar surface area (TPSA) is 29.5 Å². The molecule has 0 saturated carbocycles. The van der Waals surface area contributed by atoms with Crippen molar-refractivity contribution in [3.05, 3.63) is 140 Å². The van der Waals surface area contributed by atoms with Gasteiger partial charge < -0.3 is 13.7 Å². The third-order valence-corrected chi connectivity index (χ3v) is 9.96. The Morgan fingerprint density at radius 1 is 0.364 bits per heavy atom. The highest BCUT2D eigenvalue weighted by Crippen LogP contribution is 2.43. The summed E-state index contributed by atoms with van der Waals surface area (Å²) in [7, 11) is 0. The van der Waals surface area contributed by atoms with Crippen LogP contribution in [0.5, 0.6) is 0 Å². The van der Waals surface area contributed by atoms with Crippen LogP contribution in [0, 0.1) is 0 Å². The minimum Gasteiger partial charge on any atom is -0.456 e. The minimum atomic E-state index is 0.866. The Morgan fingerprint density at radius 3 is 1.68 bits per heavy atom. The lowest BCUT2D eigenvalue weighted by atomic mass is 10.1. The summed E-state index contributed by atoms with van der Waals surface area (Å²) < 4.78 is 15.4. The maximum Gasteiger partial charge on any atom is 0.137 e. The van der Waals surface area contributed by atoms with E-state index in [0.717, 1.165) is 60.9 Å². The monoisotopic (exact) mass is 581 g/mol. The van der Waals surface area contributed by atoms with Gasteiger partial charge in [0, 0.05) is 70.9 Å². The van der Waals surface area contributed by atoms with Gasteiger partial charge >= 0.3 is 0 Å². The maximum absolute atomic E-state index is 6.50. The molecule has 206 valence electrons. The lowest BCUT2D eigenvalue weighted by Crippen LogP contribution is -2.09. The Kier molecular flexibility index (Phi) is 4.87. The molecule has 0 aliphatic carbocycles. The van der Waals surface area contributed by atoms with Crippen LogP contribution in [0.1, 0.15) is 0 Å². The second-order valence-corrected chi connectivity index (χ2v) is 12.5. The van der Waals surface area contributed by atoms with Crippen LogP contribution in [0.4, 0.5) is 17.1 Å². The second kappa shape index (κ2) is 8.96. The predicted molar refractivity (Wildman–Crippen MR) is 186 cm³/mol. The third-order valence-electron chi connectivity index (χ3n) is 8.82. The van der Waals surface area contributed by atoms with Gasteiger partial charge in [0.1, 0.15) is 22.3 Å². The molecule has 0 spiro atoms. The van der Waals surface area contributed by atoms with E-state index in [0.29, 0.717) is 0 Å². The van der Waals surface area contributed by atoms with Crippen LogP contribution < -0.4 is 4.90 Å². The van der Waals surface area contributed by atoms with Crippen molar-refractivity contribution in [3.8, 4) is 0 Å². The fourth-order valence-electron chi connectivity index (χ4n) is 6.74. The number of nitrogens with zero attached hydrogens (tertiary/aromatic N) is 1. The number of fused-ring (bicyclic) bond motifs is 10. The molecule has 0 saturated heterocycles. The first-order valence-corrected chi connectivity index (χ1v) is 15.6. The van der Waals surface area contributed by atoms with Crippen molar-refractivity contribution in [1.29, 1.82) is 0 Å². The van der Waals surface area contributed by atoms with Gasteiger partial charge in [-0.3, -0.25) is 0 Å². The number of hydrogen-bond donors (Lipinski definition) is 0. The fraction of sp³-hybridized carbons (Fsp3) is 0. The second-order valence-electron chi connectivity index (χ2n) is 11.4. The van der Waals surface area contributed by atoms with Gasteiger partial charge in [-0.2, -0.15) is 0 Å². The van der Waals surface area contributed by atoms with Crippen molar-refractivity contribution in [2.45, 2.75) is 0 Å². The van der Waals surface area contributed by atoms with Crippen LogP contribution in [0.3, 0.4) is 0 Å². The molecule has 0 unspecified atom stereocenters. The quantitative estimate of drug-likeness (QED) is 0.208. The van der Waals surface area contributed by atoms with E-state index in [1.54, 1.807) is 0 Å². The average molecular weight is 582 g/mol. The summed E-state index contributed by atoms with van der Waals surface area (Å²) in [6.07, 6.45) is 0. The molecule has 0 aliphatic rings. The zero-order valence-corrected chi connectivity index (χ0v) is 24.3. The Balaban J connectivity index is 1.20. The molecule has 0 N–H and O–H groups in total. The largest absolute Gasteiger partial charge is 0.456 e. The van der Waals surface area contributed by atoms with Gasteiger partial charge in [-0.05, 0) is 71.4 Å². The average Bonchev–Trinajstić information content (AvgIpc) is 3.73. The van der Waals surface area contributed by atoms with Crippen molar-refractivity contribution in [1.82, 2.24) is 0 Å². The summed E-state index contributed by atoms with van der Waals surface area (Å²) in [5, 5.41) is 9.45. The Hall–Kier alpha value is -5.58. The van der Waals surface area contributed by atoms with Crippen molar-refractivity contribution >= 4 is 103 Å². The zero-order chi connectivity index (χ0) is 28.8. The predicted octanol–water partition coefficient (Wildman–Crippen LogP) is 12.5. The molecule has 0 radical (unpaired) electrons. The lowest BCUT2D eigenvalue weighted by molar-refractivity contribution is 0.669. The molecular formula is C40H23NO2S. The molecule has 0 bridgehead atoms. The standard InChI is InChI=1S/C40H23NO2S/c1-2-8-25-20-36-34(19-24(25)7-1)31-17-14-27(22-38(31)43-36)41(26-13-16-30-29-9-3-5-11-35(29)42-37(30)21-26)28-15-18-33-32-10-4-6-12-39(32)44-40(33)23-28/h1-23H. The van der Waals surface area contributed by atoms with Crippen molar-refractivity contribution < 1.29 is 8.83 Å². The molecular weight excluding hydrogens is 559 g/mol. The van der Waals surface area contributed by atoms with Gasteiger partial charge in [-0.15, -0.1) is 11.3 Å². The van der Waals surface area contributed by atoms with E-state index in [1.807, 2.05) is 23.5 Å². The number of furan rings is 2. The van der Waals surface area contributed by atoms with Gasteiger partial charge in [0.05, 0.1) is 0 Å². The fourth-order valence-corrected chi connectivity index (χ4v) is 7.88. The van der Waals surface area contributed by atoms with Gasteiger partial charge in [-0.25, -0.2) is 0 Å². The first-order chi connectivity index (χ1) is 21.8. The highest BCUT2D eigenvalue weighted by Gasteiger charge is 2.19. The maximum atomic E-state index is 6.50. The third kappa shape index (κ3) is 3.49. The van der Waals surface area contributed by atoms with Crippen molar-refractivity contribution in [3.63, 3.8) is 0 Å². The normalized spacial score (nSPS) is 12.1. The van der Waals surface area contributed by atoms with E-state index in [-0.39, 0.29) is 0 Å². The zero-order valence-electron chi connectivity index (χ0n) is 23.5. The van der Waals surface area contributed by atoms with Crippen LogP contribution in [-0.2, 0) is 0 Å². The summed E-state index contributed by atoms with van der Waals surface area (Å²) in [5.74, 6) is 0. The van der Waals surface area contributed by atoms with Crippen LogP contribution in [-0.4, -0.2) is 0 Å². The van der Waals surface area contributed by atoms with E-state index in [9.17, 15) is 0 Å². The minimum absolute atomic E-state index is 0.866. The smallest absolute Gasteiger partial charge is 0.137 e. The van der Waals surface area contributed by atoms with Crippen LogP contribution in [0.2, 0.25) is 0 Å². The summed E-state index contributed by atoms with van der Waals surface area (Å²) in [6, 6.07) is 49.5. The summed E-state index contributed by atoms with van der Waals surface area (Å²) >= 11 is 1.83. The Morgan fingerprint density at radius 2 is 0.886 bits per heavy atom. The molecule has 7 aromatic carbocycles. The van der Waals surface area contributed by atoms with Crippen molar-refractivity contribution in [2.24, 2.45) is 0 Å². The van der Waals surface area contributed by atoms with Crippen LogP contribution in [0.15, 0.2) is 148 Å². The number of anilines is 3. The van der Waals surface area contributed by atoms with E-state index in [1.165, 1.54) is 30.9 Å². The van der Waals surface area contributed by atoms with E-state index in [2.05, 4.69) is 132 Å². The number of thiophene rings is 1. The number of para-hydroxylation sites is 1. The highest BCUT2D eigenvalue weighted by molar-refractivity contribution is 7.25. The SMILES string of the molecule is c1ccc2cc3c(cc2c1)oc1cc(N(c2ccc4c(c2)oc2ccccc24)c2ccc4c(c2)sc2ccccc24)ccc13. The Labute approximate surface area is 255 Å². The molecule has 10 rings (SSSR count). The van der Waals surface area contributed by atoms with Gasteiger partial charge in [0.15, 0.2) is 0 Å². The van der Waals surface area contributed by atoms with E-state index in [4.69, 9.17) is 8.83 Å². The summed E-state index contributed by atoms with van der Waals surface area (Å²) in [5.41, 5.74) is 6.67. The molecule has 0 amide bonds. The number of rotatable bonds is 3. The highest BCUT2D eigenvalue weighted by atomic mass is 32.1. The van der Waals surface area contributed by atoms with E-state index < -0.39 is 0 Å². The molecule has 3 nitrogen and oxygen atoms in total. The lowest BCUT2D eigenvalue weighted by Gasteiger charge is -2.25. The molecule has 3 aromatic heterocycles. The first kappa shape index (κ1) is 23.9. The molecule has 0 fully saturated rings. The molecule has 44 heavy (non-hydrogen) atoms. The molecule has 3 heterocycles. The number of hydrogen-bond acceptors (Lipinski definition) is 4.